The van der Waals surface area contributed by atoms with E-state index >= 15 is 0 Å². The average Bonchev–Trinajstić information content (AvgIpc) is 3.03. The van der Waals surface area contributed by atoms with Crippen LogP contribution in [0.3, 0.4) is 0 Å². The molecule has 0 radical (unpaired) electrons. The highest BCUT2D eigenvalue weighted by Gasteiger charge is 2.57. The molecule has 3 N–H and O–H groups in total. The van der Waals surface area contributed by atoms with Crippen LogP contribution in [-0.2, 0) is 19.2 Å². The molecular formula is C25H22N2O6. The number of imide groups is 3. The van der Waals surface area contributed by atoms with Crippen LogP contribution in [0.4, 0.5) is 4.79 Å². The van der Waals surface area contributed by atoms with Crippen molar-refractivity contribution in [2.24, 2.45) is 23.5 Å². The number of amides is 4. The zero-order valence-electron chi connectivity index (χ0n) is 18.1. The van der Waals surface area contributed by atoms with E-state index in [1.54, 1.807) is 32.0 Å². The highest BCUT2D eigenvalue weighted by molar-refractivity contribution is 6.24. The fourth-order valence-corrected chi connectivity index (χ4v) is 5.87. The quantitative estimate of drug-likeness (QED) is 0.386. The second kappa shape index (κ2) is 7.10. The van der Waals surface area contributed by atoms with Gasteiger partial charge < -0.3 is 10.8 Å². The van der Waals surface area contributed by atoms with Gasteiger partial charge in [0.25, 0.3) is 0 Å². The molecule has 1 aromatic carbocycles. The van der Waals surface area contributed by atoms with Gasteiger partial charge in [-0.3, -0.25) is 19.2 Å². The third-order valence-corrected chi connectivity index (χ3v) is 7.36. The maximum atomic E-state index is 13.1. The third kappa shape index (κ3) is 2.79. The molecule has 1 saturated heterocycles. The van der Waals surface area contributed by atoms with Gasteiger partial charge in [0, 0.05) is 28.2 Å². The van der Waals surface area contributed by atoms with Crippen LogP contribution in [0.1, 0.15) is 36.8 Å². The monoisotopic (exact) mass is 446 g/mol. The standard InChI is InChI=1S/C25H22N2O6/c1-10-4-3-5-13(21(10)29)18-12-6-7-14-19(24(32)27(23(14)31)25(26)33)15(12)9-16-20(18)17(28)8-11(2)22(16)30/h3-6,8,14-15,18-19,29H,7,9H2,1-2H3,(H2,26,33)/t14-,15+,18+,19-/m0/s1. The number of para-hydroxylation sites is 1. The topological polar surface area (TPSA) is 135 Å². The molecule has 8 heteroatoms. The SMILES string of the molecule is CC1=CC(=O)C2=C(C[C@@H]3C(=CC[C@@H]4C(=O)N(C(N)=O)C(=O)[C@@H]43)[C@@H]2c2cccc(C)c2O)C1=O. The van der Waals surface area contributed by atoms with E-state index < -0.39 is 41.5 Å². The van der Waals surface area contributed by atoms with Gasteiger partial charge in [0.05, 0.1) is 11.8 Å². The highest BCUT2D eigenvalue weighted by atomic mass is 16.3. The molecular weight excluding hydrogens is 424 g/mol. The first-order valence-corrected chi connectivity index (χ1v) is 10.8. The van der Waals surface area contributed by atoms with E-state index in [4.69, 9.17) is 5.73 Å². The fraction of sp³-hybridized carbons (Fsp3) is 0.320. The minimum absolute atomic E-state index is 0.0112. The molecule has 168 valence electrons. The number of allylic oxidation sites excluding steroid dienone is 6. The third-order valence-electron chi connectivity index (χ3n) is 7.36. The van der Waals surface area contributed by atoms with Gasteiger partial charge >= 0.3 is 6.03 Å². The van der Waals surface area contributed by atoms with Crippen LogP contribution in [0.25, 0.3) is 0 Å². The molecule has 1 fully saturated rings. The van der Waals surface area contributed by atoms with Gasteiger partial charge in [-0.15, -0.1) is 0 Å². The Morgan fingerprint density at radius 3 is 2.52 bits per heavy atom. The van der Waals surface area contributed by atoms with Crippen molar-refractivity contribution in [1.29, 1.82) is 0 Å². The molecule has 0 unspecified atom stereocenters. The number of nitrogens with zero attached hydrogens (tertiary/aromatic N) is 1. The Balaban J connectivity index is 1.73. The van der Waals surface area contributed by atoms with Crippen molar-refractivity contribution in [1.82, 2.24) is 4.90 Å². The number of phenolic OH excluding ortho intramolecular Hbond substituents is 1. The maximum Gasteiger partial charge on any atom is 0.328 e. The Bertz CT molecular complexity index is 1280. The number of urea groups is 1. The number of aryl methyl sites for hydroxylation is 1. The number of likely N-dealkylation sites (tertiary alicyclic amines) is 1. The highest BCUT2D eigenvalue weighted by Crippen LogP contribution is 2.56. The average molecular weight is 446 g/mol. The lowest BCUT2D eigenvalue weighted by molar-refractivity contribution is -0.136. The van der Waals surface area contributed by atoms with Crippen LogP contribution in [-0.4, -0.2) is 39.4 Å². The zero-order chi connectivity index (χ0) is 23.8. The molecule has 5 rings (SSSR count). The number of rotatable bonds is 1. The first-order chi connectivity index (χ1) is 15.6. The van der Waals surface area contributed by atoms with Crippen LogP contribution in [0.15, 0.2) is 52.6 Å². The van der Waals surface area contributed by atoms with Crippen molar-refractivity contribution in [3.8, 4) is 5.75 Å². The number of hydrogen-bond donors (Lipinski definition) is 2. The predicted octanol–water partition coefficient (Wildman–Crippen LogP) is 2.21. The summed E-state index contributed by atoms with van der Waals surface area (Å²) in [5.41, 5.74) is 7.99. The summed E-state index contributed by atoms with van der Waals surface area (Å²) in [5, 5.41) is 10.9. The minimum atomic E-state index is -1.12. The molecule has 0 bridgehead atoms. The molecule has 3 aliphatic carbocycles. The van der Waals surface area contributed by atoms with Gasteiger partial charge in [0.15, 0.2) is 11.6 Å². The van der Waals surface area contributed by atoms with Gasteiger partial charge in [-0.2, -0.15) is 4.90 Å². The van der Waals surface area contributed by atoms with Crippen LogP contribution < -0.4 is 5.73 Å². The van der Waals surface area contributed by atoms with E-state index in [9.17, 15) is 29.1 Å². The molecule has 1 aliphatic heterocycles. The van der Waals surface area contributed by atoms with Crippen molar-refractivity contribution in [2.75, 3.05) is 0 Å². The lowest BCUT2D eigenvalue weighted by Crippen LogP contribution is -2.42. The number of phenols is 1. The smallest absolute Gasteiger partial charge is 0.328 e. The molecule has 0 saturated carbocycles. The molecule has 1 heterocycles. The van der Waals surface area contributed by atoms with Crippen molar-refractivity contribution < 1.29 is 29.1 Å². The van der Waals surface area contributed by atoms with Crippen molar-refractivity contribution in [2.45, 2.75) is 32.6 Å². The second-order valence-corrected chi connectivity index (χ2v) is 9.09. The number of carbonyl (C=O) groups excluding carboxylic acids is 5. The Morgan fingerprint density at radius 1 is 1.09 bits per heavy atom. The summed E-state index contributed by atoms with van der Waals surface area (Å²) >= 11 is 0. The Hall–Kier alpha value is -3.81. The van der Waals surface area contributed by atoms with Gasteiger partial charge in [-0.1, -0.05) is 29.8 Å². The number of Topliss-reactive ketones (excluding diaryl/α,β-unsaturated/α-hetero) is 1. The summed E-state index contributed by atoms with van der Waals surface area (Å²) in [6.45, 7) is 3.30. The fourth-order valence-electron chi connectivity index (χ4n) is 5.87. The van der Waals surface area contributed by atoms with E-state index in [0.29, 0.717) is 38.3 Å². The van der Waals surface area contributed by atoms with Gasteiger partial charge in [-0.05, 0) is 44.2 Å². The van der Waals surface area contributed by atoms with E-state index in [2.05, 4.69) is 0 Å². The van der Waals surface area contributed by atoms with Crippen molar-refractivity contribution in [3.63, 3.8) is 0 Å². The van der Waals surface area contributed by atoms with Crippen LogP contribution >= 0.6 is 0 Å². The first kappa shape index (κ1) is 21.1. The molecule has 0 spiro atoms. The van der Waals surface area contributed by atoms with Crippen LogP contribution in [0.5, 0.6) is 5.75 Å². The number of fused-ring (bicyclic) bond motifs is 3. The van der Waals surface area contributed by atoms with Crippen molar-refractivity contribution >= 4 is 29.4 Å². The van der Waals surface area contributed by atoms with E-state index in [1.165, 1.54) is 6.08 Å². The van der Waals surface area contributed by atoms with Gasteiger partial charge in [0.1, 0.15) is 5.75 Å². The van der Waals surface area contributed by atoms with Gasteiger partial charge in [-0.25, -0.2) is 4.79 Å². The molecule has 33 heavy (non-hydrogen) atoms. The summed E-state index contributed by atoms with van der Waals surface area (Å²) in [5.74, 6) is -4.80. The summed E-state index contributed by atoms with van der Waals surface area (Å²) in [6.07, 6.45) is 3.44. The van der Waals surface area contributed by atoms with Crippen molar-refractivity contribution in [3.05, 3.63) is 63.8 Å². The Morgan fingerprint density at radius 2 is 1.82 bits per heavy atom. The Kier molecular flexibility index (Phi) is 4.53. The molecule has 0 aromatic heterocycles. The van der Waals surface area contributed by atoms with E-state index in [-0.39, 0.29) is 30.2 Å². The predicted molar refractivity (Wildman–Crippen MR) is 116 cm³/mol. The summed E-state index contributed by atoms with van der Waals surface area (Å²) in [6, 6.07) is 4.08. The Labute approximate surface area is 189 Å². The van der Waals surface area contributed by atoms with E-state index in [0.717, 1.165) is 0 Å². The summed E-state index contributed by atoms with van der Waals surface area (Å²) in [4.78, 5) is 64.4. The van der Waals surface area contributed by atoms with Crippen LogP contribution in [0, 0.1) is 24.7 Å². The number of hydrogen-bond acceptors (Lipinski definition) is 6. The zero-order valence-corrected chi connectivity index (χ0v) is 18.1. The lowest BCUT2D eigenvalue weighted by Gasteiger charge is -2.42. The molecule has 4 aliphatic rings. The second-order valence-electron chi connectivity index (χ2n) is 9.09. The largest absolute Gasteiger partial charge is 0.507 e. The molecule has 1 aromatic rings. The maximum absolute atomic E-state index is 13.1. The molecule has 8 nitrogen and oxygen atoms in total. The van der Waals surface area contributed by atoms with E-state index in [1.807, 2.05) is 6.08 Å². The van der Waals surface area contributed by atoms with Crippen LogP contribution in [0.2, 0.25) is 0 Å². The summed E-state index contributed by atoms with van der Waals surface area (Å²) in [7, 11) is 0. The minimum Gasteiger partial charge on any atom is -0.507 e. The summed E-state index contributed by atoms with van der Waals surface area (Å²) < 4.78 is 0. The number of ketones is 2. The number of carbonyl (C=O) groups is 5. The number of primary amides is 1. The van der Waals surface area contributed by atoms with Gasteiger partial charge in [0.2, 0.25) is 11.8 Å². The molecule has 4 atom stereocenters. The number of nitrogens with two attached hydrogens (primary N) is 1. The molecule has 4 amide bonds. The number of benzene rings is 1. The first-order valence-electron chi connectivity index (χ1n) is 10.8. The lowest BCUT2D eigenvalue weighted by atomic mass is 9.59. The number of aromatic hydroxyl groups is 1. The normalized spacial score (nSPS) is 28.8.